The average Bonchev–Trinajstić information content (AvgIpc) is 2.80. The van der Waals surface area contributed by atoms with Crippen LogP contribution in [-0.4, -0.2) is 26.2 Å². The van der Waals surface area contributed by atoms with Gasteiger partial charge in [0.05, 0.1) is 6.61 Å². The largest absolute Gasteiger partial charge is 0.491 e. The van der Waals surface area contributed by atoms with E-state index in [1.807, 2.05) is 13.0 Å². The molecule has 1 saturated heterocycles. The Balaban J connectivity index is 2.09. The fourth-order valence-corrected chi connectivity index (χ4v) is 2.22. The van der Waals surface area contributed by atoms with E-state index in [0.29, 0.717) is 24.8 Å². The molecule has 1 aliphatic heterocycles. The van der Waals surface area contributed by atoms with E-state index in [9.17, 15) is 4.39 Å². The summed E-state index contributed by atoms with van der Waals surface area (Å²) in [4.78, 5) is 2.18. The molecule has 0 aromatic heterocycles. The third kappa shape index (κ3) is 2.69. The molecule has 0 spiro atoms. The minimum absolute atomic E-state index is 0.291. The molecule has 0 aliphatic carbocycles. The summed E-state index contributed by atoms with van der Waals surface area (Å²) in [5, 5.41) is 0. The zero-order valence-electron chi connectivity index (χ0n) is 10.2. The van der Waals surface area contributed by atoms with Gasteiger partial charge in [-0.15, -0.1) is 0 Å². The second-order valence-corrected chi connectivity index (χ2v) is 4.38. The van der Waals surface area contributed by atoms with Gasteiger partial charge in [-0.05, 0) is 37.9 Å². The number of hydrogen-bond acceptors (Lipinski definition) is 3. The molecule has 0 radical (unpaired) electrons. The van der Waals surface area contributed by atoms with E-state index in [-0.39, 0.29) is 5.82 Å². The van der Waals surface area contributed by atoms with Crippen LogP contribution in [0.2, 0.25) is 0 Å². The van der Waals surface area contributed by atoms with Crippen molar-refractivity contribution in [1.29, 1.82) is 0 Å². The number of benzene rings is 1. The first kappa shape index (κ1) is 12.2. The van der Waals surface area contributed by atoms with Gasteiger partial charge in [-0.3, -0.25) is 0 Å². The summed E-state index contributed by atoms with van der Waals surface area (Å²) in [6.07, 6.45) is 1.09. The number of hydrogen-bond donors (Lipinski definition) is 1. The highest BCUT2D eigenvalue weighted by molar-refractivity contribution is 5.50. The van der Waals surface area contributed by atoms with Crippen molar-refractivity contribution in [3.63, 3.8) is 0 Å². The van der Waals surface area contributed by atoms with Crippen molar-refractivity contribution >= 4 is 5.69 Å². The van der Waals surface area contributed by atoms with Crippen LogP contribution in [0.4, 0.5) is 10.1 Å². The van der Waals surface area contributed by atoms with E-state index in [4.69, 9.17) is 10.5 Å². The van der Waals surface area contributed by atoms with E-state index in [1.54, 1.807) is 12.1 Å². The van der Waals surface area contributed by atoms with Gasteiger partial charge in [-0.2, -0.15) is 0 Å². The lowest BCUT2D eigenvalue weighted by molar-refractivity contribution is 0.321. The lowest BCUT2D eigenvalue weighted by Crippen LogP contribution is -2.22. The second-order valence-electron chi connectivity index (χ2n) is 4.38. The summed E-state index contributed by atoms with van der Waals surface area (Å²) >= 11 is 0. The molecule has 4 heteroatoms. The maximum atomic E-state index is 13.7. The van der Waals surface area contributed by atoms with Crippen LogP contribution in [0, 0.1) is 11.7 Å². The average molecular weight is 238 g/mol. The number of rotatable bonds is 4. The number of halogens is 1. The van der Waals surface area contributed by atoms with Crippen molar-refractivity contribution in [2.24, 2.45) is 11.7 Å². The molecule has 1 fully saturated rings. The van der Waals surface area contributed by atoms with Crippen molar-refractivity contribution < 1.29 is 9.13 Å². The highest BCUT2D eigenvalue weighted by Crippen LogP contribution is 2.27. The minimum atomic E-state index is -0.291. The summed E-state index contributed by atoms with van der Waals surface area (Å²) in [7, 11) is 0. The molecule has 1 aromatic carbocycles. The highest BCUT2D eigenvalue weighted by atomic mass is 19.1. The van der Waals surface area contributed by atoms with Crippen LogP contribution >= 0.6 is 0 Å². The van der Waals surface area contributed by atoms with E-state index in [1.165, 1.54) is 0 Å². The summed E-state index contributed by atoms with van der Waals surface area (Å²) in [5.41, 5.74) is 6.57. The van der Waals surface area contributed by atoms with Crippen molar-refractivity contribution in [1.82, 2.24) is 0 Å². The van der Waals surface area contributed by atoms with E-state index < -0.39 is 0 Å². The SMILES string of the molecule is CCOc1ccc(N2CCC(CN)C2)cc1F. The Hall–Kier alpha value is -1.29. The summed E-state index contributed by atoms with van der Waals surface area (Å²) in [5.74, 6) is 0.566. The molecule has 0 saturated carbocycles. The van der Waals surface area contributed by atoms with Crippen molar-refractivity contribution in [3.8, 4) is 5.75 Å². The molecule has 17 heavy (non-hydrogen) atoms. The molecule has 2 rings (SSSR count). The van der Waals surface area contributed by atoms with Gasteiger partial charge in [-0.1, -0.05) is 0 Å². The molecule has 0 bridgehead atoms. The number of nitrogens with two attached hydrogens (primary N) is 1. The molecule has 1 unspecified atom stereocenters. The fraction of sp³-hybridized carbons (Fsp3) is 0.538. The van der Waals surface area contributed by atoms with Gasteiger partial charge in [0.1, 0.15) is 0 Å². The third-order valence-corrected chi connectivity index (χ3v) is 3.20. The standard InChI is InChI=1S/C13H19FN2O/c1-2-17-13-4-3-11(7-12(13)14)16-6-5-10(8-15)9-16/h3-4,7,10H,2,5-6,8-9,15H2,1H3. The molecule has 0 amide bonds. The zero-order valence-corrected chi connectivity index (χ0v) is 10.2. The topological polar surface area (TPSA) is 38.5 Å². The monoisotopic (exact) mass is 238 g/mol. The summed E-state index contributed by atoms with van der Waals surface area (Å²) < 4.78 is 18.9. The van der Waals surface area contributed by atoms with Crippen LogP contribution in [0.25, 0.3) is 0 Å². The number of ether oxygens (including phenoxy) is 1. The minimum Gasteiger partial charge on any atom is -0.491 e. The Bertz CT molecular complexity index is 384. The maximum absolute atomic E-state index is 13.7. The van der Waals surface area contributed by atoms with Crippen LogP contribution in [0.3, 0.4) is 0 Å². The van der Waals surface area contributed by atoms with Gasteiger partial charge in [0.15, 0.2) is 11.6 Å². The molecule has 94 valence electrons. The van der Waals surface area contributed by atoms with Gasteiger partial charge < -0.3 is 15.4 Å². The lowest BCUT2D eigenvalue weighted by atomic mass is 10.1. The lowest BCUT2D eigenvalue weighted by Gasteiger charge is -2.19. The van der Waals surface area contributed by atoms with Crippen molar-refractivity contribution in [2.75, 3.05) is 31.1 Å². The van der Waals surface area contributed by atoms with Crippen LogP contribution in [0.1, 0.15) is 13.3 Å². The molecule has 1 atom stereocenters. The fourth-order valence-electron chi connectivity index (χ4n) is 2.22. The molecule has 3 nitrogen and oxygen atoms in total. The predicted molar refractivity (Wildman–Crippen MR) is 66.9 cm³/mol. The number of nitrogens with zero attached hydrogens (tertiary/aromatic N) is 1. The van der Waals surface area contributed by atoms with Crippen LogP contribution in [-0.2, 0) is 0 Å². The molecule has 1 aromatic rings. The van der Waals surface area contributed by atoms with E-state index >= 15 is 0 Å². The highest BCUT2D eigenvalue weighted by Gasteiger charge is 2.22. The quantitative estimate of drug-likeness (QED) is 0.872. The first-order valence-corrected chi connectivity index (χ1v) is 6.12. The van der Waals surface area contributed by atoms with Gasteiger partial charge in [-0.25, -0.2) is 4.39 Å². The van der Waals surface area contributed by atoms with Crippen LogP contribution < -0.4 is 15.4 Å². The zero-order chi connectivity index (χ0) is 12.3. The molecular weight excluding hydrogens is 219 g/mol. The third-order valence-electron chi connectivity index (χ3n) is 3.20. The smallest absolute Gasteiger partial charge is 0.167 e. The second kappa shape index (κ2) is 5.36. The Morgan fingerprint density at radius 2 is 2.35 bits per heavy atom. The Morgan fingerprint density at radius 3 is 2.94 bits per heavy atom. The van der Waals surface area contributed by atoms with Gasteiger partial charge in [0.2, 0.25) is 0 Å². The van der Waals surface area contributed by atoms with Gasteiger partial charge in [0.25, 0.3) is 0 Å². The van der Waals surface area contributed by atoms with Crippen molar-refractivity contribution in [3.05, 3.63) is 24.0 Å². The van der Waals surface area contributed by atoms with Crippen LogP contribution in [0.5, 0.6) is 5.75 Å². The molecular formula is C13H19FN2O. The summed E-state index contributed by atoms with van der Waals surface area (Å²) in [6.45, 7) is 4.91. The predicted octanol–water partition coefficient (Wildman–Crippen LogP) is 2.01. The normalized spacial score (nSPS) is 19.7. The van der Waals surface area contributed by atoms with E-state index in [2.05, 4.69) is 4.90 Å². The van der Waals surface area contributed by atoms with Crippen LogP contribution in [0.15, 0.2) is 18.2 Å². The molecule has 1 heterocycles. The Kier molecular flexibility index (Phi) is 3.84. The first-order chi connectivity index (χ1) is 8.24. The summed E-state index contributed by atoms with van der Waals surface area (Å²) in [6, 6.07) is 5.15. The van der Waals surface area contributed by atoms with Crippen molar-refractivity contribution in [2.45, 2.75) is 13.3 Å². The van der Waals surface area contributed by atoms with Gasteiger partial charge in [0, 0.05) is 24.8 Å². The Labute approximate surface area is 101 Å². The first-order valence-electron chi connectivity index (χ1n) is 6.12. The van der Waals surface area contributed by atoms with Gasteiger partial charge >= 0.3 is 0 Å². The number of anilines is 1. The molecule has 1 aliphatic rings. The molecule has 2 N–H and O–H groups in total. The maximum Gasteiger partial charge on any atom is 0.167 e. The van der Waals surface area contributed by atoms with E-state index in [0.717, 1.165) is 25.2 Å². The Morgan fingerprint density at radius 1 is 1.53 bits per heavy atom.